The summed E-state index contributed by atoms with van der Waals surface area (Å²) >= 11 is 1.29. The molecular formula is C13H14N4O2S. The zero-order valence-corrected chi connectivity index (χ0v) is 11.5. The smallest absolute Gasteiger partial charge is 0.257 e. The third-order valence-corrected chi connectivity index (χ3v) is 3.68. The van der Waals surface area contributed by atoms with Gasteiger partial charge in [-0.1, -0.05) is 29.5 Å². The number of rotatable bonds is 3. The van der Waals surface area contributed by atoms with E-state index in [1.165, 1.54) is 11.3 Å². The van der Waals surface area contributed by atoms with Crippen LogP contribution in [0.3, 0.4) is 0 Å². The summed E-state index contributed by atoms with van der Waals surface area (Å²) in [5.74, 6) is -0.178. The molecule has 0 spiro atoms. The molecule has 1 aromatic heterocycles. The summed E-state index contributed by atoms with van der Waals surface area (Å²) < 4.78 is 5.54. The number of anilines is 2. The lowest BCUT2D eigenvalue weighted by Gasteiger charge is -2.33. The number of aromatic nitrogens is 2. The van der Waals surface area contributed by atoms with Gasteiger partial charge >= 0.3 is 0 Å². The van der Waals surface area contributed by atoms with Crippen molar-refractivity contribution in [3.8, 4) is 0 Å². The number of para-hydroxylation sites is 1. The topological polar surface area (TPSA) is 67.4 Å². The van der Waals surface area contributed by atoms with Gasteiger partial charge in [0, 0.05) is 12.2 Å². The molecule has 0 bridgehead atoms. The number of hydrogen-bond donors (Lipinski definition) is 1. The van der Waals surface area contributed by atoms with Gasteiger partial charge in [-0.25, -0.2) is 0 Å². The summed E-state index contributed by atoms with van der Waals surface area (Å²) in [5.41, 5.74) is 2.68. The summed E-state index contributed by atoms with van der Waals surface area (Å²) in [5, 5.41) is 10.7. The minimum atomic E-state index is -0.493. The molecular weight excluding hydrogens is 276 g/mol. The van der Waals surface area contributed by atoms with Crippen molar-refractivity contribution in [1.82, 2.24) is 10.2 Å². The average molecular weight is 290 g/mol. The first-order chi connectivity index (χ1) is 9.83. The van der Waals surface area contributed by atoms with Crippen LogP contribution in [0.4, 0.5) is 10.8 Å². The van der Waals surface area contributed by atoms with E-state index in [2.05, 4.69) is 20.4 Å². The molecule has 6 nitrogen and oxygen atoms in total. The van der Waals surface area contributed by atoms with Gasteiger partial charge in [0.15, 0.2) is 6.10 Å². The van der Waals surface area contributed by atoms with Gasteiger partial charge in [-0.15, -0.1) is 10.2 Å². The van der Waals surface area contributed by atoms with Gasteiger partial charge in [-0.05, 0) is 12.1 Å². The fourth-order valence-electron chi connectivity index (χ4n) is 2.09. The van der Waals surface area contributed by atoms with Gasteiger partial charge in [0.2, 0.25) is 5.13 Å². The second kappa shape index (κ2) is 5.98. The van der Waals surface area contributed by atoms with E-state index in [4.69, 9.17) is 4.74 Å². The number of amides is 1. The Morgan fingerprint density at radius 2 is 2.25 bits per heavy atom. The standard InChI is InChI=1S/C13H14N4O2S/c18-12(15-13-16-14-9-20-13)11-8-17(6-7-19-11)10-4-2-1-3-5-10/h1-5,9,11H,6-8H2,(H,15,16,18). The number of carbonyl (C=O) groups excluding carboxylic acids is 1. The third-order valence-electron chi connectivity index (χ3n) is 3.07. The summed E-state index contributed by atoms with van der Waals surface area (Å²) in [7, 11) is 0. The van der Waals surface area contributed by atoms with Crippen LogP contribution < -0.4 is 10.2 Å². The van der Waals surface area contributed by atoms with Crippen LogP contribution >= 0.6 is 11.3 Å². The second-order valence-corrected chi connectivity index (χ2v) is 5.21. The Kier molecular flexibility index (Phi) is 3.89. The van der Waals surface area contributed by atoms with Crippen molar-refractivity contribution in [2.45, 2.75) is 6.10 Å². The zero-order chi connectivity index (χ0) is 13.8. The Bertz CT molecular complexity index is 561. The summed E-state index contributed by atoms with van der Waals surface area (Å²) in [4.78, 5) is 14.3. The highest BCUT2D eigenvalue weighted by Crippen LogP contribution is 2.18. The lowest BCUT2D eigenvalue weighted by atomic mass is 10.2. The van der Waals surface area contributed by atoms with E-state index in [1.807, 2.05) is 30.3 Å². The number of morpholine rings is 1. The van der Waals surface area contributed by atoms with Gasteiger partial charge in [0.1, 0.15) is 5.51 Å². The van der Waals surface area contributed by atoms with Crippen LogP contribution in [0, 0.1) is 0 Å². The molecule has 2 aromatic rings. The molecule has 104 valence electrons. The summed E-state index contributed by atoms with van der Waals surface area (Å²) in [6, 6.07) is 10.0. The first kappa shape index (κ1) is 13.0. The highest BCUT2D eigenvalue weighted by atomic mass is 32.1. The minimum Gasteiger partial charge on any atom is -0.366 e. The van der Waals surface area contributed by atoms with Crippen LogP contribution in [0.5, 0.6) is 0 Å². The van der Waals surface area contributed by atoms with E-state index in [9.17, 15) is 4.79 Å². The Hall–Kier alpha value is -1.99. The van der Waals surface area contributed by atoms with E-state index in [0.29, 0.717) is 18.3 Å². The van der Waals surface area contributed by atoms with E-state index in [1.54, 1.807) is 5.51 Å². The number of ether oxygens (including phenoxy) is 1. The molecule has 0 aliphatic carbocycles. The number of benzene rings is 1. The van der Waals surface area contributed by atoms with Crippen molar-refractivity contribution in [3.63, 3.8) is 0 Å². The number of carbonyl (C=O) groups is 1. The number of nitrogens with zero attached hydrogens (tertiary/aromatic N) is 3. The maximum Gasteiger partial charge on any atom is 0.257 e. The van der Waals surface area contributed by atoms with Gasteiger partial charge in [-0.2, -0.15) is 0 Å². The minimum absolute atomic E-state index is 0.178. The molecule has 0 radical (unpaired) electrons. The van der Waals surface area contributed by atoms with E-state index in [-0.39, 0.29) is 5.91 Å². The fourth-order valence-corrected chi connectivity index (χ4v) is 2.54. The predicted octanol–water partition coefficient (Wildman–Crippen LogP) is 1.38. The molecule has 20 heavy (non-hydrogen) atoms. The SMILES string of the molecule is O=C(Nc1nncs1)C1CN(c2ccccc2)CCO1. The fraction of sp³-hybridized carbons (Fsp3) is 0.308. The van der Waals surface area contributed by atoms with Crippen LogP contribution in [0.25, 0.3) is 0 Å². The molecule has 7 heteroatoms. The second-order valence-electron chi connectivity index (χ2n) is 4.37. The van der Waals surface area contributed by atoms with Crippen molar-refractivity contribution < 1.29 is 9.53 Å². The molecule has 1 aromatic carbocycles. The quantitative estimate of drug-likeness (QED) is 0.925. The van der Waals surface area contributed by atoms with Crippen LogP contribution in [0.1, 0.15) is 0 Å². The molecule has 1 fully saturated rings. The monoisotopic (exact) mass is 290 g/mol. The molecule has 1 aliphatic heterocycles. The van der Waals surface area contributed by atoms with Crippen LogP contribution in [0.2, 0.25) is 0 Å². The van der Waals surface area contributed by atoms with Crippen molar-refractivity contribution in [3.05, 3.63) is 35.8 Å². The van der Waals surface area contributed by atoms with E-state index in [0.717, 1.165) is 12.2 Å². The van der Waals surface area contributed by atoms with Gasteiger partial charge in [-0.3, -0.25) is 10.1 Å². The normalized spacial score (nSPS) is 18.8. The maximum atomic E-state index is 12.1. The largest absolute Gasteiger partial charge is 0.366 e. The highest BCUT2D eigenvalue weighted by molar-refractivity contribution is 7.13. The Morgan fingerprint density at radius 1 is 1.40 bits per heavy atom. The molecule has 3 rings (SSSR count). The van der Waals surface area contributed by atoms with E-state index >= 15 is 0 Å². The molecule has 2 heterocycles. The summed E-state index contributed by atoms with van der Waals surface area (Å²) in [6.07, 6.45) is -0.493. The summed E-state index contributed by atoms with van der Waals surface area (Å²) in [6.45, 7) is 1.85. The molecule has 1 amide bonds. The third kappa shape index (κ3) is 2.94. The van der Waals surface area contributed by atoms with Gasteiger partial charge in [0.25, 0.3) is 5.91 Å². The number of hydrogen-bond acceptors (Lipinski definition) is 6. The molecule has 1 N–H and O–H groups in total. The van der Waals surface area contributed by atoms with Gasteiger partial charge < -0.3 is 9.64 Å². The van der Waals surface area contributed by atoms with Crippen molar-refractivity contribution in [2.24, 2.45) is 0 Å². The average Bonchev–Trinajstić information content (AvgIpc) is 3.01. The zero-order valence-electron chi connectivity index (χ0n) is 10.7. The van der Waals surface area contributed by atoms with Crippen LogP contribution in [0.15, 0.2) is 35.8 Å². The van der Waals surface area contributed by atoms with Crippen LogP contribution in [-0.4, -0.2) is 41.9 Å². The first-order valence-electron chi connectivity index (χ1n) is 6.31. The number of nitrogens with one attached hydrogen (secondary N) is 1. The van der Waals surface area contributed by atoms with Gasteiger partial charge in [0.05, 0.1) is 13.2 Å². The Balaban J connectivity index is 1.64. The van der Waals surface area contributed by atoms with Crippen LogP contribution in [-0.2, 0) is 9.53 Å². The van der Waals surface area contributed by atoms with E-state index < -0.39 is 6.10 Å². The lowest BCUT2D eigenvalue weighted by molar-refractivity contribution is -0.128. The van der Waals surface area contributed by atoms with Crippen molar-refractivity contribution in [1.29, 1.82) is 0 Å². The lowest BCUT2D eigenvalue weighted by Crippen LogP contribution is -2.48. The van der Waals surface area contributed by atoms with Crippen molar-refractivity contribution >= 4 is 28.1 Å². The Morgan fingerprint density at radius 3 is 3.00 bits per heavy atom. The molecule has 1 atom stereocenters. The Labute approximate surface area is 120 Å². The molecule has 0 saturated carbocycles. The molecule has 1 saturated heterocycles. The first-order valence-corrected chi connectivity index (χ1v) is 7.19. The highest BCUT2D eigenvalue weighted by Gasteiger charge is 2.27. The predicted molar refractivity (Wildman–Crippen MR) is 76.9 cm³/mol. The van der Waals surface area contributed by atoms with Crippen molar-refractivity contribution in [2.75, 3.05) is 29.9 Å². The maximum absolute atomic E-state index is 12.1. The molecule has 1 aliphatic rings. The molecule has 1 unspecified atom stereocenters.